The van der Waals surface area contributed by atoms with Gasteiger partial charge in [0.1, 0.15) is 5.78 Å². The number of aliphatic hydroxyl groups excluding tert-OH is 1. The van der Waals surface area contributed by atoms with Crippen LogP contribution in [0.3, 0.4) is 0 Å². The third kappa shape index (κ3) is 4.62. The Labute approximate surface area is 98.8 Å². The predicted octanol–water partition coefficient (Wildman–Crippen LogP) is 1.84. The van der Waals surface area contributed by atoms with Crippen LogP contribution in [0.2, 0.25) is 0 Å². The van der Waals surface area contributed by atoms with Crippen LogP contribution in [0.5, 0.6) is 0 Å². The second-order valence-corrected chi connectivity index (χ2v) is 4.73. The van der Waals surface area contributed by atoms with Crippen LogP contribution in [0.4, 0.5) is 0 Å². The minimum absolute atomic E-state index is 0.245. The second kappa shape index (κ2) is 7.80. The molecule has 3 nitrogen and oxygen atoms in total. The maximum Gasteiger partial charge on any atom is 0.137 e. The molecule has 0 bridgehead atoms. The molecule has 1 saturated carbocycles. The van der Waals surface area contributed by atoms with E-state index in [1.54, 1.807) is 0 Å². The van der Waals surface area contributed by atoms with E-state index >= 15 is 0 Å². The van der Waals surface area contributed by atoms with Gasteiger partial charge >= 0.3 is 0 Å². The Morgan fingerprint density at radius 3 is 2.88 bits per heavy atom. The molecule has 0 aromatic carbocycles. The van der Waals surface area contributed by atoms with Gasteiger partial charge in [-0.25, -0.2) is 0 Å². The van der Waals surface area contributed by atoms with Gasteiger partial charge in [-0.05, 0) is 25.8 Å². The highest BCUT2D eigenvalue weighted by Crippen LogP contribution is 2.20. The van der Waals surface area contributed by atoms with Gasteiger partial charge in [-0.2, -0.15) is 0 Å². The molecule has 1 aliphatic carbocycles. The number of rotatable bonds is 6. The fourth-order valence-electron chi connectivity index (χ4n) is 2.41. The van der Waals surface area contributed by atoms with Crippen molar-refractivity contribution in [2.45, 2.75) is 45.4 Å². The highest BCUT2D eigenvalue weighted by atomic mass is 16.3. The van der Waals surface area contributed by atoms with Gasteiger partial charge in [0.2, 0.25) is 0 Å². The summed E-state index contributed by atoms with van der Waals surface area (Å²) in [5.41, 5.74) is 0. The molecule has 0 spiro atoms. The zero-order chi connectivity index (χ0) is 11.8. The summed E-state index contributed by atoms with van der Waals surface area (Å²) in [6.45, 7) is 5.16. The van der Waals surface area contributed by atoms with Gasteiger partial charge in [-0.1, -0.05) is 19.8 Å². The normalized spacial score (nSPS) is 22.4. The smallest absolute Gasteiger partial charge is 0.137 e. The highest BCUT2D eigenvalue weighted by Gasteiger charge is 2.22. The zero-order valence-corrected chi connectivity index (χ0v) is 10.5. The van der Waals surface area contributed by atoms with Gasteiger partial charge in [0, 0.05) is 32.0 Å². The molecule has 1 fully saturated rings. The van der Waals surface area contributed by atoms with Crippen molar-refractivity contribution in [1.82, 2.24) is 4.90 Å². The minimum Gasteiger partial charge on any atom is -0.396 e. The lowest BCUT2D eigenvalue weighted by Crippen LogP contribution is -2.33. The number of nitrogens with zero attached hydrogens (tertiary/aromatic N) is 1. The number of Topliss-reactive ketones (excluding diaryl/α,β-unsaturated/α-hetero) is 1. The number of carbonyl (C=O) groups is 1. The maximum atomic E-state index is 11.9. The standard InChI is InChI=1S/C13H25NO2/c1-2-14(9-6-10-15)11-12-7-4-3-5-8-13(12)16/h12,15H,2-11H2,1H3. The Balaban J connectivity index is 2.38. The fourth-order valence-corrected chi connectivity index (χ4v) is 2.41. The van der Waals surface area contributed by atoms with Gasteiger partial charge < -0.3 is 10.0 Å². The monoisotopic (exact) mass is 227 g/mol. The molecular weight excluding hydrogens is 202 g/mol. The fraction of sp³-hybridized carbons (Fsp3) is 0.923. The number of carbonyl (C=O) groups excluding carboxylic acids is 1. The average molecular weight is 227 g/mol. The van der Waals surface area contributed by atoms with E-state index < -0.39 is 0 Å². The molecule has 1 unspecified atom stereocenters. The van der Waals surface area contributed by atoms with E-state index in [1.807, 2.05) is 0 Å². The summed E-state index contributed by atoms with van der Waals surface area (Å²) in [5.74, 6) is 0.709. The zero-order valence-electron chi connectivity index (χ0n) is 10.5. The van der Waals surface area contributed by atoms with E-state index in [4.69, 9.17) is 5.11 Å². The van der Waals surface area contributed by atoms with Crippen molar-refractivity contribution in [1.29, 1.82) is 0 Å². The molecule has 0 saturated heterocycles. The van der Waals surface area contributed by atoms with Crippen molar-refractivity contribution >= 4 is 5.78 Å². The first kappa shape index (κ1) is 13.7. The third-order valence-electron chi connectivity index (χ3n) is 3.49. The summed E-state index contributed by atoms with van der Waals surface area (Å²) in [7, 11) is 0. The summed E-state index contributed by atoms with van der Waals surface area (Å²) in [4.78, 5) is 14.2. The van der Waals surface area contributed by atoms with Crippen LogP contribution in [0.1, 0.15) is 45.4 Å². The van der Waals surface area contributed by atoms with Gasteiger partial charge in [-0.15, -0.1) is 0 Å². The largest absolute Gasteiger partial charge is 0.396 e. The predicted molar refractivity (Wildman–Crippen MR) is 65.4 cm³/mol. The molecule has 0 radical (unpaired) electrons. The summed E-state index contributed by atoms with van der Waals surface area (Å²) < 4.78 is 0. The number of aliphatic hydroxyl groups is 1. The van der Waals surface area contributed by atoms with E-state index in [1.165, 1.54) is 12.8 Å². The first-order valence-corrected chi connectivity index (χ1v) is 6.63. The summed E-state index contributed by atoms with van der Waals surface area (Å²) in [5, 5.41) is 8.82. The molecule has 0 amide bonds. The number of hydrogen-bond donors (Lipinski definition) is 1. The molecule has 0 heterocycles. The Kier molecular flexibility index (Phi) is 6.65. The average Bonchev–Trinajstić information content (AvgIpc) is 2.50. The van der Waals surface area contributed by atoms with E-state index in [-0.39, 0.29) is 12.5 Å². The summed E-state index contributed by atoms with van der Waals surface area (Å²) in [6, 6.07) is 0. The Bertz CT molecular complexity index is 206. The van der Waals surface area contributed by atoms with Gasteiger partial charge in [-0.3, -0.25) is 4.79 Å². The minimum atomic E-state index is 0.245. The highest BCUT2D eigenvalue weighted by molar-refractivity contribution is 5.81. The van der Waals surface area contributed by atoms with Crippen molar-refractivity contribution in [3.8, 4) is 0 Å². The Hall–Kier alpha value is -0.410. The first-order chi connectivity index (χ1) is 7.77. The molecule has 0 aromatic rings. The maximum absolute atomic E-state index is 11.9. The molecule has 1 aliphatic rings. The van der Waals surface area contributed by atoms with Crippen LogP contribution in [0.25, 0.3) is 0 Å². The molecule has 3 heteroatoms. The third-order valence-corrected chi connectivity index (χ3v) is 3.49. The lowest BCUT2D eigenvalue weighted by Gasteiger charge is -2.24. The van der Waals surface area contributed by atoms with Crippen LogP contribution >= 0.6 is 0 Å². The molecule has 0 aromatic heterocycles. The molecule has 16 heavy (non-hydrogen) atoms. The van der Waals surface area contributed by atoms with Crippen molar-refractivity contribution in [2.75, 3.05) is 26.2 Å². The van der Waals surface area contributed by atoms with E-state index in [0.29, 0.717) is 5.78 Å². The van der Waals surface area contributed by atoms with Crippen LogP contribution in [-0.4, -0.2) is 42.0 Å². The SMILES string of the molecule is CCN(CCCO)CC1CCCCCC1=O. The Morgan fingerprint density at radius 1 is 1.38 bits per heavy atom. The van der Waals surface area contributed by atoms with Gasteiger partial charge in [0.05, 0.1) is 0 Å². The summed E-state index contributed by atoms with van der Waals surface area (Å²) >= 11 is 0. The Morgan fingerprint density at radius 2 is 2.19 bits per heavy atom. The van der Waals surface area contributed by atoms with Crippen LogP contribution in [0, 0.1) is 5.92 Å². The van der Waals surface area contributed by atoms with Crippen LogP contribution in [0.15, 0.2) is 0 Å². The lowest BCUT2D eigenvalue weighted by atomic mass is 9.98. The van der Waals surface area contributed by atoms with Crippen molar-refractivity contribution in [2.24, 2.45) is 5.92 Å². The number of ketones is 1. The van der Waals surface area contributed by atoms with Crippen molar-refractivity contribution < 1.29 is 9.90 Å². The molecule has 94 valence electrons. The van der Waals surface area contributed by atoms with Crippen molar-refractivity contribution in [3.05, 3.63) is 0 Å². The van der Waals surface area contributed by atoms with Crippen LogP contribution < -0.4 is 0 Å². The molecule has 1 atom stereocenters. The molecule has 1 rings (SSSR count). The molecular formula is C13H25NO2. The number of hydrogen-bond acceptors (Lipinski definition) is 3. The summed E-state index contributed by atoms with van der Waals surface area (Å²) in [6.07, 6.45) is 6.16. The van der Waals surface area contributed by atoms with Gasteiger partial charge in [0.25, 0.3) is 0 Å². The molecule has 0 aliphatic heterocycles. The first-order valence-electron chi connectivity index (χ1n) is 6.63. The second-order valence-electron chi connectivity index (χ2n) is 4.73. The van der Waals surface area contributed by atoms with Gasteiger partial charge in [0.15, 0.2) is 0 Å². The quantitative estimate of drug-likeness (QED) is 0.704. The van der Waals surface area contributed by atoms with Crippen molar-refractivity contribution in [3.63, 3.8) is 0 Å². The van der Waals surface area contributed by atoms with E-state index in [2.05, 4.69) is 11.8 Å². The van der Waals surface area contributed by atoms with E-state index in [9.17, 15) is 4.79 Å². The van der Waals surface area contributed by atoms with Crippen LogP contribution in [-0.2, 0) is 4.79 Å². The lowest BCUT2D eigenvalue weighted by molar-refractivity contribution is -0.123. The topological polar surface area (TPSA) is 40.5 Å². The van der Waals surface area contributed by atoms with E-state index in [0.717, 1.165) is 45.3 Å². The molecule has 1 N–H and O–H groups in total.